The number of anilines is 1. The molecule has 0 aliphatic carbocycles. The van der Waals surface area contributed by atoms with Gasteiger partial charge in [-0.2, -0.15) is 0 Å². The van der Waals surface area contributed by atoms with Gasteiger partial charge in [0.1, 0.15) is 5.15 Å². The predicted octanol–water partition coefficient (Wildman–Crippen LogP) is 2.86. The molecule has 1 aromatic carbocycles. The average molecular weight is 273 g/mol. The van der Waals surface area contributed by atoms with Crippen molar-refractivity contribution in [3.8, 4) is 0 Å². The Labute approximate surface area is 113 Å². The van der Waals surface area contributed by atoms with Crippen LogP contribution in [0.1, 0.15) is 10.4 Å². The molecule has 1 amide bonds. The van der Waals surface area contributed by atoms with Gasteiger partial charge >= 0.3 is 0 Å². The van der Waals surface area contributed by atoms with E-state index < -0.39 is 0 Å². The quantitative estimate of drug-likeness (QED) is 0.705. The van der Waals surface area contributed by atoms with Crippen molar-refractivity contribution in [3.05, 3.63) is 53.4 Å². The number of para-hydroxylation sites is 1. The lowest BCUT2D eigenvalue weighted by molar-refractivity contribution is 0.102. The van der Waals surface area contributed by atoms with E-state index in [0.29, 0.717) is 5.56 Å². The Morgan fingerprint density at radius 3 is 2.95 bits per heavy atom. The zero-order valence-electron chi connectivity index (χ0n) is 9.72. The van der Waals surface area contributed by atoms with Crippen LogP contribution >= 0.6 is 11.6 Å². The fourth-order valence-electron chi connectivity index (χ4n) is 1.83. The number of nitrogens with one attached hydrogen (secondary N) is 2. The highest BCUT2D eigenvalue weighted by Gasteiger charge is 2.12. The zero-order chi connectivity index (χ0) is 13.2. The summed E-state index contributed by atoms with van der Waals surface area (Å²) in [5.74, 6) is -0.0949. The van der Waals surface area contributed by atoms with Crippen LogP contribution in [0.2, 0.25) is 5.15 Å². The maximum Gasteiger partial charge on any atom is 0.260 e. The lowest BCUT2D eigenvalue weighted by Crippen LogP contribution is -2.13. The summed E-state index contributed by atoms with van der Waals surface area (Å²) in [6.07, 6.45) is 3.14. The number of benzene rings is 1. The minimum atomic E-state index is -0.278. The SMILES string of the molecule is O=C(Nc1nccc(Cl)n1)c1c[nH]c2ccccc12. The first-order valence-electron chi connectivity index (χ1n) is 5.60. The Hall–Kier alpha value is -2.40. The summed E-state index contributed by atoms with van der Waals surface area (Å²) in [7, 11) is 0. The van der Waals surface area contributed by atoms with Gasteiger partial charge in [0.05, 0.1) is 5.56 Å². The topological polar surface area (TPSA) is 70.7 Å². The molecule has 5 nitrogen and oxygen atoms in total. The van der Waals surface area contributed by atoms with Crippen LogP contribution in [0.5, 0.6) is 0 Å². The number of halogens is 1. The first-order chi connectivity index (χ1) is 9.24. The van der Waals surface area contributed by atoms with Gasteiger partial charge in [0.2, 0.25) is 5.95 Å². The number of carbonyl (C=O) groups excluding carboxylic acids is 1. The molecule has 3 aromatic rings. The van der Waals surface area contributed by atoms with Gasteiger partial charge in [0.25, 0.3) is 5.91 Å². The van der Waals surface area contributed by atoms with Crippen molar-refractivity contribution < 1.29 is 4.79 Å². The van der Waals surface area contributed by atoms with E-state index in [1.165, 1.54) is 6.20 Å². The number of rotatable bonds is 2. The van der Waals surface area contributed by atoms with Crippen LogP contribution in [-0.4, -0.2) is 20.9 Å². The number of hydrogen-bond acceptors (Lipinski definition) is 3. The van der Waals surface area contributed by atoms with E-state index >= 15 is 0 Å². The molecule has 3 rings (SSSR count). The summed E-state index contributed by atoms with van der Waals surface area (Å²) < 4.78 is 0. The second-order valence-electron chi connectivity index (χ2n) is 3.91. The molecule has 19 heavy (non-hydrogen) atoms. The number of H-pyrrole nitrogens is 1. The molecule has 2 heterocycles. The minimum Gasteiger partial charge on any atom is -0.360 e. The van der Waals surface area contributed by atoms with Gasteiger partial charge in [-0.25, -0.2) is 9.97 Å². The van der Waals surface area contributed by atoms with Crippen molar-refractivity contribution in [2.45, 2.75) is 0 Å². The third-order valence-electron chi connectivity index (χ3n) is 2.68. The van der Waals surface area contributed by atoms with E-state index in [1.807, 2.05) is 24.3 Å². The van der Waals surface area contributed by atoms with Crippen molar-refractivity contribution in [3.63, 3.8) is 0 Å². The summed E-state index contributed by atoms with van der Waals surface area (Å²) in [6.45, 7) is 0. The van der Waals surface area contributed by atoms with E-state index in [0.717, 1.165) is 10.9 Å². The number of nitrogens with zero attached hydrogens (tertiary/aromatic N) is 2. The monoisotopic (exact) mass is 272 g/mol. The second-order valence-corrected chi connectivity index (χ2v) is 4.29. The Bertz CT molecular complexity index is 753. The molecule has 2 aromatic heterocycles. The fraction of sp³-hybridized carbons (Fsp3) is 0. The van der Waals surface area contributed by atoms with Crippen molar-refractivity contribution in [2.24, 2.45) is 0 Å². The Morgan fingerprint density at radius 1 is 1.26 bits per heavy atom. The molecule has 0 spiro atoms. The van der Waals surface area contributed by atoms with Crippen LogP contribution in [0.4, 0.5) is 5.95 Å². The van der Waals surface area contributed by atoms with Crippen LogP contribution < -0.4 is 5.32 Å². The number of fused-ring (bicyclic) bond motifs is 1. The molecule has 0 fully saturated rings. The molecule has 94 valence electrons. The van der Waals surface area contributed by atoms with Crippen LogP contribution in [0.15, 0.2) is 42.7 Å². The standard InChI is InChI=1S/C13H9ClN4O/c14-11-5-6-15-13(17-11)18-12(19)9-7-16-10-4-2-1-3-8(9)10/h1-7,16H,(H,15,17,18,19). The van der Waals surface area contributed by atoms with E-state index in [2.05, 4.69) is 20.3 Å². The molecule has 0 saturated carbocycles. The first-order valence-corrected chi connectivity index (χ1v) is 5.98. The van der Waals surface area contributed by atoms with Crippen LogP contribution in [0.25, 0.3) is 10.9 Å². The number of aromatic amines is 1. The number of aromatic nitrogens is 3. The van der Waals surface area contributed by atoms with E-state index in [1.54, 1.807) is 12.3 Å². The van der Waals surface area contributed by atoms with Gasteiger partial charge < -0.3 is 4.98 Å². The lowest BCUT2D eigenvalue weighted by atomic mass is 10.1. The minimum absolute atomic E-state index is 0.183. The maximum absolute atomic E-state index is 12.1. The second kappa shape index (κ2) is 4.70. The van der Waals surface area contributed by atoms with Crippen molar-refractivity contribution in [1.82, 2.24) is 15.0 Å². The summed E-state index contributed by atoms with van der Waals surface area (Å²) in [5, 5.41) is 3.74. The first kappa shape index (κ1) is 11.7. The number of amides is 1. The van der Waals surface area contributed by atoms with Gasteiger partial charge in [0, 0.05) is 23.3 Å². The van der Waals surface area contributed by atoms with E-state index in [4.69, 9.17) is 11.6 Å². The van der Waals surface area contributed by atoms with Gasteiger partial charge in [-0.15, -0.1) is 0 Å². The number of hydrogen-bond donors (Lipinski definition) is 2. The molecule has 0 atom stereocenters. The normalized spacial score (nSPS) is 10.6. The van der Waals surface area contributed by atoms with Gasteiger partial charge in [-0.05, 0) is 12.1 Å². The molecule has 0 aliphatic rings. The molecule has 6 heteroatoms. The third kappa shape index (κ3) is 2.28. The van der Waals surface area contributed by atoms with Crippen LogP contribution in [0, 0.1) is 0 Å². The molecule has 0 unspecified atom stereocenters. The molecular formula is C13H9ClN4O. The summed E-state index contributed by atoms with van der Waals surface area (Å²) in [6, 6.07) is 9.11. The third-order valence-corrected chi connectivity index (χ3v) is 2.89. The van der Waals surface area contributed by atoms with E-state index in [-0.39, 0.29) is 17.0 Å². The molecule has 0 saturated heterocycles. The Balaban J connectivity index is 1.92. The lowest BCUT2D eigenvalue weighted by Gasteiger charge is -2.02. The highest BCUT2D eigenvalue weighted by Crippen LogP contribution is 2.18. The van der Waals surface area contributed by atoms with Crippen molar-refractivity contribution >= 4 is 34.4 Å². The van der Waals surface area contributed by atoms with Gasteiger partial charge in [-0.1, -0.05) is 29.8 Å². The summed E-state index contributed by atoms with van der Waals surface area (Å²) in [4.78, 5) is 23.0. The van der Waals surface area contributed by atoms with Gasteiger partial charge in [-0.3, -0.25) is 10.1 Å². The fourth-order valence-corrected chi connectivity index (χ4v) is 1.96. The van der Waals surface area contributed by atoms with Crippen LogP contribution in [0.3, 0.4) is 0 Å². The Morgan fingerprint density at radius 2 is 2.11 bits per heavy atom. The van der Waals surface area contributed by atoms with Crippen molar-refractivity contribution in [2.75, 3.05) is 5.32 Å². The highest BCUT2D eigenvalue weighted by molar-refractivity contribution is 6.29. The van der Waals surface area contributed by atoms with E-state index in [9.17, 15) is 4.79 Å². The zero-order valence-corrected chi connectivity index (χ0v) is 10.5. The summed E-state index contributed by atoms with van der Waals surface area (Å²) >= 11 is 5.74. The van der Waals surface area contributed by atoms with Crippen LogP contribution in [-0.2, 0) is 0 Å². The molecule has 0 bridgehead atoms. The largest absolute Gasteiger partial charge is 0.360 e. The molecular weight excluding hydrogens is 264 g/mol. The number of carbonyl (C=O) groups is 1. The molecule has 0 aliphatic heterocycles. The molecule has 2 N–H and O–H groups in total. The highest BCUT2D eigenvalue weighted by atomic mass is 35.5. The Kier molecular flexibility index (Phi) is 2.89. The maximum atomic E-state index is 12.1. The molecule has 0 radical (unpaired) electrons. The smallest absolute Gasteiger partial charge is 0.260 e. The predicted molar refractivity (Wildman–Crippen MR) is 73.3 cm³/mol. The van der Waals surface area contributed by atoms with Crippen molar-refractivity contribution in [1.29, 1.82) is 0 Å². The average Bonchev–Trinajstić information content (AvgIpc) is 2.82. The van der Waals surface area contributed by atoms with Gasteiger partial charge in [0.15, 0.2) is 0 Å². The summed E-state index contributed by atoms with van der Waals surface area (Å²) in [5.41, 5.74) is 1.44.